The Morgan fingerprint density at radius 1 is 1.05 bits per heavy atom. The molecular weight excluding hydrogens is 281 g/mol. The number of hydrogen-bond donors (Lipinski definition) is 1. The quantitative estimate of drug-likeness (QED) is 0.871. The molecule has 3 nitrogen and oxygen atoms in total. The van der Waals surface area contributed by atoms with Crippen molar-refractivity contribution < 1.29 is 0 Å². The predicted octanol–water partition coefficient (Wildman–Crippen LogP) is 3.11. The van der Waals surface area contributed by atoms with E-state index in [-0.39, 0.29) is 0 Å². The lowest BCUT2D eigenvalue weighted by Gasteiger charge is -2.36. The Bertz CT molecular complexity index is 466. The molecule has 1 saturated carbocycles. The highest BCUT2D eigenvalue weighted by Gasteiger charge is 2.26. The Morgan fingerprint density at radius 2 is 1.68 bits per heavy atom. The standard InChI is InChI=1S/C14H19Cl2N3/c15-11-7-13(17)14(8-12(11)16)19-5-3-18(4-6-19)9-10-1-2-10/h7-8,10H,1-6,9,17H2. The third-order valence-electron chi connectivity index (χ3n) is 4.00. The second kappa shape index (κ2) is 5.39. The third kappa shape index (κ3) is 3.10. The van der Waals surface area contributed by atoms with Gasteiger partial charge in [-0.25, -0.2) is 0 Å². The molecule has 19 heavy (non-hydrogen) atoms. The predicted molar refractivity (Wildman–Crippen MR) is 82.3 cm³/mol. The molecule has 2 aliphatic rings. The lowest BCUT2D eigenvalue weighted by atomic mass is 10.2. The summed E-state index contributed by atoms with van der Waals surface area (Å²) >= 11 is 12.1. The fourth-order valence-corrected chi connectivity index (χ4v) is 2.99. The van der Waals surface area contributed by atoms with Crippen LogP contribution in [0.25, 0.3) is 0 Å². The van der Waals surface area contributed by atoms with Crippen LogP contribution in [0.4, 0.5) is 11.4 Å². The maximum atomic E-state index is 6.09. The fraction of sp³-hybridized carbons (Fsp3) is 0.571. The molecule has 0 aromatic heterocycles. The average Bonchev–Trinajstić information content (AvgIpc) is 3.19. The highest BCUT2D eigenvalue weighted by molar-refractivity contribution is 6.42. The average molecular weight is 300 g/mol. The second-order valence-corrected chi connectivity index (χ2v) is 6.37. The zero-order valence-electron chi connectivity index (χ0n) is 10.9. The van der Waals surface area contributed by atoms with E-state index >= 15 is 0 Å². The van der Waals surface area contributed by atoms with Crippen LogP contribution < -0.4 is 10.6 Å². The van der Waals surface area contributed by atoms with Crippen molar-refractivity contribution in [3.8, 4) is 0 Å². The lowest BCUT2D eigenvalue weighted by molar-refractivity contribution is 0.248. The van der Waals surface area contributed by atoms with Gasteiger partial charge in [-0.05, 0) is 30.9 Å². The van der Waals surface area contributed by atoms with Crippen LogP contribution in [-0.4, -0.2) is 37.6 Å². The van der Waals surface area contributed by atoms with E-state index < -0.39 is 0 Å². The minimum atomic E-state index is 0.523. The minimum absolute atomic E-state index is 0.523. The van der Waals surface area contributed by atoms with Crippen LogP contribution in [0, 0.1) is 5.92 Å². The van der Waals surface area contributed by atoms with Gasteiger partial charge in [0.2, 0.25) is 0 Å². The second-order valence-electron chi connectivity index (χ2n) is 5.56. The summed E-state index contributed by atoms with van der Waals surface area (Å²) in [6.45, 7) is 5.50. The van der Waals surface area contributed by atoms with Crippen molar-refractivity contribution >= 4 is 34.6 Å². The number of rotatable bonds is 3. The van der Waals surface area contributed by atoms with Gasteiger partial charge in [-0.3, -0.25) is 4.90 Å². The molecular formula is C14H19Cl2N3. The first kappa shape index (κ1) is 13.3. The molecule has 0 amide bonds. The summed E-state index contributed by atoms with van der Waals surface area (Å²) in [5.41, 5.74) is 7.78. The molecule has 1 saturated heterocycles. The molecule has 1 aromatic carbocycles. The Hall–Kier alpha value is -0.640. The van der Waals surface area contributed by atoms with E-state index in [9.17, 15) is 0 Å². The van der Waals surface area contributed by atoms with Crippen LogP contribution in [0.5, 0.6) is 0 Å². The van der Waals surface area contributed by atoms with Gasteiger partial charge in [0.1, 0.15) is 0 Å². The first-order chi connectivity index (χ1) is 9.13. The summed E-state index contributed by atoms with van der Waals surface area (Å²) in [4.78, 5) is 4.86. The number of benzene rings is 1. The van der Waals surface area contributed by atoms with E-state index in [1.54, 1.807) is 6.07 Å². The smallest absolute Gasteiger partial charge is 0.0616 e. The first-order valence-electron chi connectivity index (χ1n) is 6.85. The number of hydrogen-bond acceptors (Lipinski definition) is 3. The highest BCUT2D eigenvalue weighted by atomic mass is 35.5. The van der Waals surface area contributed by atoms with Crippen molar-refractivity contribution in [3.63, 3.8) is 0 Å². The maximum Gasteiger partial charge on any atom is 0.0616 e. The van der Waals surface area contributed by atoms with Crippen molar-refractivity contribution in [1.29, 1.82) is 0 Å². The van der Waals surface area contributed by atoms with Gasteiger partial charge in [0.15, 0.2) is 0 Å². The summed E-state index contributed by atoms with van der Waals surface area (Å²) in [5.74, 6) is 0.960. The van der Waals surface area contributed by atoms with Crippen LogP contribution in [0.3, 0.4) is 0 Å². The Kier molecular flexibility index (Phi) is 3.79. The largest absolute Gasteiger partial charge is 0.397 e. The number of halogens is 2. The molecule has 0 atom stereocenters. The number of nitrogens with two attached hydrogens (primary N) is 1. The maximum absolute atomic E-state index is 6.09. The van der Waals surface area contributed by atoms with Crippen molar-refractivity contribution in [2.75, 3.05) is 43.4 Å². The molecule has 3 rings (SSSR count). The van der Waals surface area contributed by atoms with Crippen LogP contribution in [0.1, 0.15) is 12.8 Å². The molecule has 0 unspecified atom stereocenters. The Labute approximate surface area is 124 Å². The van der Waals surface area contributed by atoms with Crippen molar-refractivity contribution in [3.05, 3.63) is 22.2 Å². The zero-order valence-corrected chi connectivity index (χ0v) is 12.4. The summed E-state index contributed by atoms with van der Waals surface area (Å²) < 4.78 is 0. The normalized spacial score (nSPS) is 20.8. The number of anilines is 2. The fourth-order valence-electron chi connectivity index (χ4n) is 2.66. The summed E-state index contributed by atoms with van der Waals surface area (Å²) in [6, 6.07) is 3.63. The number of nitrogens with zero attached hydrogens (tertiary/aromatic N) is 2. The van der Waals surface area contributed by atoms with E-state index in [1.807, 2.05) is 6.07 Å². The first-order valence-corrected chi connectivity index (χ1v) is 7.61. The monoisotopic (exact) mass is 299 g/mol. The van der Waals surface area contributed by atoms with Crippen LogP contribution in [0.15, 0.2) is 12.1 Å². The van der Waals surface area contributed by atoms with Crippen LogP contribution in [0.2, 0.25) is 10.0 Å². The zero-order chi connectivity index (χ0) is 13.4. The van der Waals surface area contributed by atoms with Gasteiger partial charge >= 0.3 is 0 Å². The topological polar surface area (TPSA) is 32.5 Å². The number of nitrogen functional groups attached to an aromatic ring is 1. The van der Waals surface area contributed by atoms with Gasteiger partial charge in [-0.15, -0.1) is 0 Å². The van der Waals surface area contributed by atoms with Crippen LogP contribution >= 0.6 is 23.2 Å². The molecule has 1 heterocycles. The highest BCUT2D eigenvalue weighted by Crippen LogP contribution is 2.34. The van der Waals surface area contributed by atoms with Crippen molar-refractivity contribution in [1.82, 2.24) is 4.90 Å². The van der Waals surface area contributed by atoms with Gasteiger partial charge in [-0.2, -0.15) is 0 Å². The summed E-state index contributed by atoms with van der Waals surface area (Å²) in [6.07, 6.45) is 2.83. The Morgan fingerprint density at radius 3 is 2.32 bits per heavy atom. The van der Waals surface area contributed by atoms with E-state index in [4.69, 9.17) is 28.9 Å². The molecule has 2 N–H and O–H groups in total. The van der Waals surface area contributed by atoms with Gasteiger partial charge in [-0.1, -0.05) is 23.2 Å². The van der Waals surface area contributed by atoms with Crippen molar-refractivity contribution in [2.24, 2.45) is 5.92 Å². The number of piperazine rings is 1. The van der Waals surface area contributed by atoms with Gasteiger partial charge in [0.25, 0.3) is 0 Å². The van der Waals surface area contributed by atoms with Gasteiger partial charge in [0, 0.05) is 32.7 Å². The molecule has 2 fully saturated rings. The van der Waals surface area contributed by atoms with Gasteiger partial charge in [0.05, 0.1) is 21.4 Å². The molecule has 1 aliphatic carbocycles. The third-order valence-corrected chi connectivity index (χ3v) is 4.72. The lowest BCUT2D eigenvalue weighted by Crippen LogP contribution is -2.47. The van der Waals surface area contributed by atoms with Gasteiger partial charge < -0.3 is 10.6 Å². The van der Waals surface area contributed by atoms with E-state index in [0.29, 0.717) is 15.7 Å². The van der Waals surface area contributed by atoms with Crippen molar-refractivity contribution in [2.45, 2.75) is 12.8 Å². The van der Waals surface area contributed by atoms with E-state index in [2.05, 4.69) is 9.80 Å². The molecule has 0 radical (unpaired) electrons. The summed E-state index contributed by atoms with van der Waals surface area (Å²) in [7, 11) is 0. The van der Waals surface area contributed by atoms with E-state index in [1.165, 1.54) is 19.4 Å². The Balaban J connectivity index is 1.65. The van der Waals surface area contributed by atoms with E-state index in [0.717, 1.165) is 37.8 Å². The molecule has 104 valence electrons. The van der Waals surface area contributed by atoms with Crippen LogP contribution in [-0.2, 0) is 0 Å². The molecule has 1 aromatic rings. The molecule has 0 spiro atoms. The minimum Gasteiger partial charge on any atom is -0.397 e. The SMILES string of the molecule is Nc1cc(Cl)c(Cl)cc1N1CCN(CC2CC2)CC1. The summed E-state index contributed by atoms with van der Waals surface area (Å²) in [5, 5.41) is 1.10. The molecule has 0 bridgehead atoms. The molecule has 5 heteroatoms. The molecule has 1 aliphatic heterocycles.